The molecule has 8 nitrogen and oxygen atoms in total. The van der Waals surface area contributed by atoms with E-state index in [1.165, 1.54) is 24.3 Å². The van der Waals surface area contributed by atoms with E-state index in [1.54, 1.807) is 31.4 Å². The Hall–Kier alpha value is -2.78. The number of nitrogens with zero attached hydrogens (tertiary/aromatic N) is 1. The lowest BCUT2D eigenvalue weighted by Gasteiger charge is -2.29. The molecule has 1 fully saturated rings. The quantitative estimate of drug-likeness (QED) is 0.662. The molecule has 2 N–H and O–H groups in total. The molecule has 1 amide bonds. The molecule has 0 unspecified atom stereocenters. The average molecular weight is 434 g/mol. The number of likely N-dealkylation sites (tertiary alicyclic amines) is 1. The lowest BCUT2D eigenvalue weighted by atomic mass is 10.1. The summed E-state index contributed by atoms with van der Waals surface area (Å²) < 4.78 is 38.1. The largest absolute Gasteiger partial charge is 0.497 e. The monoisotopic (exact) mass is 433 g/mol. The van der Waals surface area contributed by atoms with Gasteiger partial charge in [0.15, 0.2) is 6.61 Å². The molecule has 1 saturated heterocycles. The zero-order chi connectivity index (χ0) is 21.6. The van der Waals surface area contributed by atoms with Gasteiger partial charge in [-0.1, -0.05) is 0 Å². The van der Waals surface area contributed by atoms with Crippen molar-refractivity contribution in [1.82, 2.24) is 10.2 Å². The summed E-state index contributed by atoms with van der Waals surface area (Å²) >= 11 is 0. The highest BCUT2D eigenvalue weighted by Crippen LogP contribution is 2.21. The fourth-order valence-electron chi connectivity index (χ4n) is 3.16. The molecule has 0 saturated carbocycles. The molecule has 2 aromatic rings. The smallest absolute Gasteiger partial charge is 0.261 e. The zero-order valence-corrected chi connectivity index (χ0v) is 17.9. The highest BCUT2D eigenvalue weighted by molar-refractivity contribution is 7.92. The van der Waals surface area contributed by atoms with Gasteiger partial charge in [0.05, 0.1) is 12.0 Å². The number of hydrogen-bond donors (Lipinski definition) is 2. The van der Waals surface area contributed by atoms with Gasteiger partial charge < -0.3 is 19.7 Å². The highest BCUT2D eigenvalue weighted by atomic mass is 32.2. The first-order chi connectivity index (χ1) is 14.4. The number of piperidine rings is 1. The van der Waals surface area contributed by atoms with Crippen molar-refractivity contribution in [2.75, 3.05) is 38.6 Å². The molecule has 1 aliphatic rings. The molecule has 3 rings (SSSR count). The molecule has 0 radical (unpaired) electrons. The first-order valence-electron chi connectivity index (χ1n) is 9.73. The summed E-state index contributed by atoms with van der Waals surface area (Å²) in [4.78, 5) is 14.4. The third-order valence-corrected chi connectivity index (χ3v) is 6.33. The minimum absolute atomic E-state index is 0.0986. The lowest BCUT2D eigenvalue weighted by molar-refractivity contribution is -0.124. The number of sulfonamides is 1. The van der Waals surface area contributed by atoms with E-state index in [2.05, 4.69) is 22.0 Å². The van der Waals surface area contributed by atoms with Crippen molar-refractivity contribution in [3.63, 3.8) is 0 Å². The Labute approximate surface area is 177 Å². The second-order valence-electron chi connectivity index (χ2n) is 7.24. The summed E-state index contributed by atoms with van der Waals surface area (Å²) in [5, 5.41) is 2.98. The SMILES string of the molecule is COc1ccc(NS(=O)(=O)c2ccc(OCC(=O)NC3CCN(C)CC3)cc2)cc1. The Morgan fingerprint density at radius 3 is 2.23 bits per heavy atom. The minimum Gasteiger partial charge on any atom is -0.497 e. The molecule has 1 heterocycles. The van der Waals surface area contributed by atoms with E-state index in [9.17, 15) is 13.2 Å². The van der Waals surface area contributed by atoms with E-state index in [1.807, 2.05) is 0 Å². The van der Waals surface area contributed by atoms with Gasteiger partial charge in [-0.3, -0.25) is 9.52 Å². The second kappa shape index (κ2) is 9.82. The van der Waals surface area contributed by atoms with Crippen molar-refractivity contribution in [1.29, 1.82) is 0 Å². The Morgan fingerprint density at radius 2 is 1.63 bits per heavy atom. The Bertz CT molecular complexity index is 938. The number of benzene rings is 2. The topological polar surface area (TPSA) is 97.0 Å². The maximum Gasteiger partial charge on any atom is 0.261 e. The van der Waals surface area contributed by atoms with Gasteiger partial charge in [0.1, 0.15) is 11.5 Å². The van der Waals surface area contributed by atoms with Crippen LogP contribution < -0.4 is 19.5 Å². The molecular weight excluding hydrogens is 406 g/mol. The molecule has 0 aliphatic carbocycles. The van der Waals surface area contributed by atoms with Crippen molar-refractivity contribution in [2.24, 2.45) is 0 Å². The minimum atomic E-state index is -3.73. The van der Waals surface area contributed by atoms with Crippen LogP contribution in [0, 0.1) is 0 Å². The number of methoxy groups -OCH3 is 1. The number of nitrogens with one attached hydrogen (secondary N) is 2. The molecule has 9 heteroatoms. The van der Waals surface area contributed by atoms with Crippen LogP contribution in [0.25, 0.3) is 0 Å². The number of carbonyl (C=O) groups is 1. The summed E-state index contributed by atoms with van der Waals surface area (Å²) in [5.41, 5.74) is 0.432. The number of hydrogen-bond acceptors (Lipinski definition) is 6. The summed E-state index contributed by atoms with van der Waals surface area (Å²) in [7, 11) is -0.124. The maximum atomic E-state index is 12.5. The predicted octanol–water partition coefficient (Wildman–Crippen LogP) is 2.09. The first-order valence-corrected chi connectivity index (χ1v) is 11.2. The van der Waals surface area contributed by atoms with Crippen LogP contribution in [0.4, 0.5) is 5.69 Å². The number of ether oxygens (including phenoxy) is 2. The number of amides is 1. The Kier molecular flexibility index (Phi) is 7.17. The van der Waals surface area contributed by atoms with Gasteiger partial charge in [-0.2, -0.15) is 0 Å². The van der Waals surface area contributed by atoms with Gasteiger partial charge in [0.25, 0.3) is 15.9 Å². The molecule has 162 valence electrons. The molecule has 0 bridgehead atoms. The van der Waals surface area contributed by atoms with Gasteiger partial charge in [0, 0.05) is 11.7 Å². The van der Waals surface area contributed by atoms with Gasteiger partial charge in [0.2, 0.25) is 0 Å². The maximum absolute atomic E-state index is 12.5. The fraction of sp³-hybridized carbons (Fsp3) is 0.381. The lowest BCUT2D eigenvalue weighted by Crippen LogP contribution is -2.44. The van der Waals surface area contributed by atoms with Crippen LogP contribution >= 0.6 is 0 Å². The van der Waals surface area contributed by atoms with Crippen LogP contribution in [-0.4, -0.2) is 59.1 Å². The number of rotatable bonds is 8. The van der Waals surface area contributed by atoms with Crippen molar-refractivity contribution in [2.45, 2.75) is 23.8 Å². The molecule has 0 spiro atoms. The van der Waals surface area contributed by atoms with Gasteiger partial charge in [-0.05, 0) is 81.5 Å². The van der Waals surface area contributed by atoms with Gasteiger partial charge >= 0.3 is 0 Å². The normalized spacial score (nSPS) is 15.4. The summed E-state index contributed by atoms with van der Waals surface area (Å²) in [6.07, 6.45) is 1.85. The molecule has 0 aromatic heterocycles. The molecule has 2 aromatic carbocycles. The van der Waals surface area contributed by atoms with Crippen molar-refractivity contribution < 1.29 is 22.7 Å². The second-order valence-corrected chi connectivity index (χ2v) is 8.92. The zero-order valence-electron chi connectivity index (χ0n) is 17.1. The summed E-state index contributed by atoms with van der Waals surface area (Å²) in [6, 6.07) is 12.7. The van der Waals surface area contributed by atoms with Crippen LogP contribution in [0.1, 0.15) is 12.8 Å². The molecule has 1 aliphatic heterocycles. The third-order valence-electron chi connectivity index (χ3n) is 4.93. The molecular formula is C21H27N3O5S. The number of anilines is 1. The predicted molar refractivity (Wildman–Crippen MR) is 114 cm³/mol. The van der Waals surface area contributed by atoms with Crippen molar-refractivity contribution in [3.05, 3.63) is 48.5 Å². The fourth-order valence-corrected chi connectivity index (χ4v) is 4.22. The first kappa shape index (κ1) is 21.9. The molecule has 0 atom stereocenters. The van der Waals surface area contributed by atoms with Crippen LogP contribution in [0.5, 0.6) is 11.5 Å². The van der Waals surface area contributed by atoms with E-state index in [0.717, 1.165) is 25.9 Å². The Balaban J connectivity index is 1.51. The van der Waals surface area contributed by atoms with Crippen LogP contribution in [-0.2, 0) is 14.8 Å². The van der Waals surface area contributed by atoms with E-state index in [-0.39, 0.29) is 23.5 Å². The highest BCUT2D eigenvalue weighted by Gasteiger charge is 2.19. The Morgan fingerprint density at radius 1 is 1.03 bits per heavy atom. The van der Waals surface area contributed by atoms with Gasteiger partial charge in [-0.15, -0.1) is 0 Å². The van der Waals surface area contributed by atoms with E-state index in [4.69, 9.17) is 9.47 Å². The van der Waals surface area contributed by atoms with E-state index >= 15 is 0 Å². The standard InChI is InChI=1S/C21H27N3O5S/c1-24-13-11-16(12-14-24)22-21(25)15-29-19-7-9-20(10-8-19)30(26,27)23-17-3-5-18(28-2)6-4-17/h3-10,16,23H,11-15H2,1-2H3,(H,22,25). The van der Waals surface area contributed by atoms with E-state index < -0.39 is 10.0 Å². The summed E-state index contributed by atoms with van der Waals surface area (Å²) in [6.45, 7) is 1.82. The third kappa shape index (κ3) is 6.11. The van der Waals surface area contributed by atoms with Crippen LogP contribution in [0.15, 0.2) is 53.4 Å². The van der Waals surface area contributed by atoms with Crippen LogP contribution in [0.3, 0.4) is 0 Å². The van der Waals surface area contributed by atoms with Crippen molar-refractivity contribution in [3.8, 4) is 11.5 Å². The molecule has 30 heavy (non-hydrogen) atoms. The van der Waals surface area contributed by atoms with Crippen LogP contribution in [0.2, 0.25) is 0 Å². The summed E-state index contributed by atoms with van der Waals surface area (Å²) in [5.74, 6) is 0.888. The average Bonchev–Trinajstić information content (AvgIpc) is 2.74. The van der Waals surface area contributed by atoms with Crippen molar-refractivity contribution >= 4 is 21.6 Å². The van der Waals surface area contributed by atoms with Gasteiger partial charge in [-0.25, -0.2) is 8.42 Å². The van der Waals surface area contributed by atoms with E-state index in [0.29, 0.717) is 17.2 Å². The number of carbonyl (C=O) groups excluding carboxylic acids is 1.